The van der Waals surface area contributed by atoms with Gasteiger partial charge in [-0.15, -0.1) is 0 Å². The maximum atomic E-state index is 14.0. The van der Waals surface area contributed by atoms with Crippen LogP contribution in [0.2, 0.25) is 5.02 Å². The summed E-state index contributed by atoms with van der Waals surface area (Å²) in [5.41, 5.74) is -1.03. The van der Waals surface area contributed by atoms with Gasteiger partial charge in [0.2, 0.25) is 5.91 Å². The average molecular weight is 532 g/mol. The van der Waals surface area contributed by atoms with E-state index in [0.717, 1.165) is 6.20 Å². The largest absolute Gasteiger partial charge is 0.456 e. The Bertz CT molecular complexity index is 1300. The van der Waals surface area contributed by atoms with E-state index in [1.54, 1.807) is 20.8 Å². The Morgan fingerprint density at radius 2 is 1.78 bits per heavy atom. The Hall–Kier alpha value is -3.77. The van der Waals surface area contributed by atoms with Gasteiger partial charge in [0.25, 0.3) is 0 Å². The Balaban J connectivity index is 1.79. The molecule has 0 radical (unpaired) electrons. The van der Waals surface area contributed by atoms with Crippen LogP contribution in [0.5, 0.6) is 0 Å². The van der Waals surface area contributed by atoms with E-state index in [-0.39, 0.29) is 28.3 Å². The molecule has 2 aromatic rings. The number of nitrogens with one attached hydrogen (secondary N) is 1. The lowest BCUT2D eigenvalue weighted by Gasteiger charge is -2.32. The molecule has 0 aromatic heterocycles. The highest BCUT2D eigenvalue weighted by molar-refractivity contribution is 6.30. The van der Waals surface area contributed by atoms with E-state index in [9.17, 15) is 28.0 Å². The maximum absolute atomic E-state index is 14.0. The first kappa shape index (κ1) is 27.8. The fraction of sp³-hybridized carbons (Fsp3) is 0.296. The highest BCUT2D eigenvalue weighted by Crippen LogP contribution is 2.40. The molecule has 1 atom stereocenters. The van der Waals surface area contributed by atoms with E-state index in [1.165, 1.54) is 60.4 Å². The van der Waals surface area contributed by atoms with E-state index in [4.69, 9.17) is 16.3 Å². The van der Waals surface area contributed by atoms with Crippen molar-refractivity contribution in [2.24, 2.45) is 0 Å². The number of nitriles is 1. The van der Waals surface area contributed by atoms with Crippen molar-refractivity contribution in [1.82, 2.24) is 4.90 Å². The number of hydrogen-bond donors (Lipinski definition) is 1. The third-order valence-corrected chi connectivity index (χ3v) is 5.69. The quantitative estimate of drug-likeness (QED) is 0.455. The molecule has 0 spiro atoms. The molecular formula is C27H25ClF3N3O3. The molecule has 1 N–H and O–H groups in total. The summed E-state index contributed by atoms with van der Waals surface area (Å²) < 4.78 is 47.3. The number of esters is 1. The molecule has 1 aliphatic rings. The second-order valence-electron chi connectivity index (χ2n) is 9.40. The molecule has 1 aliphatic heterocycles. The molecule has 1 unspecified atom stereocenters. The zero-order valence-electron chi connectivity index (χ0n) is 20.6. The Morgan fingerprint density at radius 3 is 2.35 bits per heavy atom. The summed E-state index contributed by atoms with van der Waals surface area (Å²) in [4.78, 5) is 26.3. The molecule has 2 aromatic carbocycles. The third-order valence-electron chi connectivity index (χ3n) is 5.45. The number of rotatable bonds is 5. The van der Waals surface area contributed by atoms with Gasteiger partial charge in [0.15, 0.2) is 0 Å². The van der Waals surface area contributed by atoms with Gasteiger partial charge in [-0.3, -0.25) is 4.79 Å². The summed E-state index contributed by atoms with van der Waals surface area (Å²) in [6.07, 6.45) is -2.53. The van der Waals surface area contributed by atoms with Gasteiger partial charge in [0.05, 0.1) is 22.8 Å². The topological polar surface area (TPSA) is 82.4 Å². The van der Waals surface area contributed by atoms with Crippen LogP contribution in [-0.4, -0.2) is 41.1 Å². The number of nitrogens with zero attached hydrogens (tertiary/aromatic N) is 2. The molecule has 3 rings (SSSR count). The molecule has 194 valence electrons. The van der Waals surface area contributed by atoms with Crippen molar-refractivity contribution in [3.05, 3.63) is 82.0 Å². The summed E-state index contributed by atoms with van der Waals surface area (Å²) in [6, 6.07) is 11.0. The van der Waals surface area contributed by atoms with E-state index in [1.807, 2.05) is 6.07 Å². The monoisotopic (exact) mass is 531 g/mol. The molecule has 0 bridgehead atoms. The number of halogens is 4. The normalized spacial score (nSPS) is 14.7. The van der Waals surface area contributed by atoms with Gasteiger partial charge in [-0.1, -0.05) is 17.7 Å². The number of hydrogen-bond acceptors (Lipinski definition) is 5. The van der Waals surface area contributed by atoms with E-state index < -0.39 is 35.3 Å². The first-order chi connectivity index (χ1) is 17.2. The van der Waals surface area contributed by atoms with Crippen LogP contribution in [0.15, 0.2) is 60.3 Å². The predicted octanol–water partition coefficient (Wildman–Crippen LogP) is 6.34. The second-order valence-corrected chi connectivity index (χ2v) is 9.84. The maximum Gasteiger partial charge on any atom is 0.418 e. The van der Waals surface area contributed by atoms with Crippen LogP contribution in [0.4, 0.5) is 18.9 Å². The first-order valence-corrected chi connectivity index (χ1v) is 11.7. The smallest absolute Gasteiger partial charge is 0.418 e. The van der Waals surface area contributed by atoms with Crippen LogP contribution in [0.3, 0.4) is 0 Å². The summed E-state index contributed by atoms with van der Waals surface area (Å²) in [7, 11) is 0. The molecule has 6 nitrogen and oxygen atoms in total. The second kappa shape index (κ2) is 10.7. The molecule has 0 saturated carbocycles. The number of anilines is 1. The zero-order chi connectivity index (χ0) is 27.5. The fourth-order valence-electron chi connectivity index (χ4n) is 3.61. The van der Waals surface area contributed by atoms with Crippen LogP contribution in [0.1, 0.15) is 49.2 Å². The molecule has 0 aliphatic carbocycles. The van der Waals surface area contributed by atoms with Gasteiger partial charge < -0.3 is 15.0 Å². The molecule has 1 amide bonds. The lowest BCUT2D eigenvalue weighted by molar-refractivity contribution is -0.120. The summed E-state index contributed by atoms with van der Waals surface area (Å²) in [5.74, 6) is -1.06. The minimum atomic E-state index is -4.74. The van der Waals surface area contributed by atoms with Gasteiger partial charge in [0, 0.05) is 29.0 Å². The standard InChI is InChI=1S/C27H25ClF3N3O3/c1-16(24(35)33-20-9-6-17(7-10-20)25(36)37-26(2,3)4)34-12-11-21(23(15-34)27(29,30)31)22-13-19(28)8-5-18(22)14-32/h5-11,13,15-16H,12H2,1-4H3,(H,33,35). The van der Waals surface area contributed by atoms with Gasteiger partial charge >= 0.3 is 12.1 Å². The SMILES string of the molecule is CC(C(=O)Nc1ccc(C(=O)OC(C)(C)C)cc1)N1C=C(C(F)(F)F)C(c2cc(Cl)ccc2C#N)=CC1. The van der Waals surface area contributed by atoms with Crippen molar-refractivity contribution in [3.63, 3.8) is 0 Å². The number of ether oxygens (including phenoxy) is 1. The molecule has 10 heteroatoms. The van der Waals surface area contributed by atoms with Gasteiger partial charge in [-0.25, -0.2) is 4.79 Å². The summed E-state index contributed by atoms with van der Waals surface area (Å²) >= 11 is 5.98. The number of carbonyl (C=O) groups excluding carboxylic acids is 2. The van der Waals surface area contributed by atoms with Gasteiger partial charge in [-0.05, 0) is 75.7 Å². The minimum Gasteiger partial charge on any atom is -0.456 e. The molecule has 0 fully saturated rings. The summed E-state index contributed by atoms with van der Waals surface area (Å²) in [6.45, 7) is 6.72. The molecular weight excluding hydrogens is 507 g/mol. The van der Waals surface area contributed by atoms with Crippen molar-refractivity contribution >= 4 is 34.7 Å². The van der Waals surface area contributed by atoms with Crippen LogP contribution in [0, 0.1) is 11.3 Å². The van der Waals surface area contributed by atoms with Crippen molar-refractivity contribution in [1.29, 1.82) is 5.26 Å². The van der Waals surface area contributed by atoms with Crippen molar-refractivity contribution in [2.45, 2.75) is 45.5 Å². The molecule has 37 heavy (non-hydrogen) atoms. The fourth-order valence-corrected chi connectivity index (χ4v) is 3.78. The highest BCUT2D eigenvalue weighted by Gasteiger charge is 2.40. The number of benzene rings is 2. The van der Waals surface area contributed by atoms with Crippen LogP contribution in [0.25, 0.3) is 5.57 Å². The minimum absolute atomic E-state index is 0.00152. The number of amides is 1. The Kier molecular flexibility index (Phi) is 8.03. The highest BCUT2D eigenvalue weighted by atomic mass is 35.5. The molecule has 0 saturated heterocycles. The van der Waals surface area contributed by atoms with Crippen molar-refractivity contribution in [2.75, 3.05) is 11.9 Å². The van der Waals surface area contributed by atoms with Crippen LogP contribution >= 0.6 is 11.6 Å². The zero-order valence-corrected chi connectivity index (χ0v) is 21.4. The van der Waals surface area contributed by atoms with Gasteiger partial charge in [0.1, 0.15) is 11.6 Å². The first-order valence-electron chi connectivity index (χ1n) is 11.3. The van der Waals surface area contributed by atoms with Crippen molar-refractivity contribution in [3.8, 4) is 6.07 Å². The van der Waals surface area contributed by atoms with Gasteiger partial charge in [-0.2, -0.15) is 18.4 Å². The number of carbonyl (C=O) groups is 2. The molecule has 1 heterocycles. The van der Waals surface area contributed by atoms with E-state index in [0.29, 0.717) is 11.3 Å². The Labute approximate surface area is 218 Å². The summed E-state index contributed by atoms with van der Waals surface area (Å²) in [5, 5.41) is 12.2. The number of alkyl halides is 3. The third kappa shape index (κ3) is 6.92. The average Bonchev–Trinajstić information content (AvgIpc) is 2.82. The number of allylic oxidation sites excluding steroid dienone is 2. The van der Waals surface area contributed by atoms with Crippen LogP contribution < -0.4 is 5.32 Å². The van der Waals surface area contributed by atoms with Crippen molar-refractivity contribution < 1.29 is 27.5 Å². The Morgan fingerprint density at radius 1 is 1.14 bits per heavy atom. The lowest BCUT2D eigenvalue weighted by atomic mass is 9.92. The predicted molar refractivity (Wildman–Crippen MR) is 135 cm³/mol. The van der Waals surface area contributed by atoms with Crippen LogP contribution in [-0.2, 0) is 9.53 Å². The van der Waals surface area contributed by atoms with E-state index >= 15 is 0 Å². The van der Waals surface area contributed by atoms with E-state index in [2.05, 4.69) is 5.32 Å². The lowest BCUT2D eigenvalue weighted by Crippen LogP contribution is -2.41.